The molecule has 0 spiro atoms. The van der Waals surface area contributed by atoms with Crippen molar-refractivity contribution in [3.8, 4) is 17.5 Å². The number of nitrogens with one attached hydrogen (secondary N) is 2. The van der Waals surface area contributed by atoms with Gasteiger partial charge in [0, 0.05) is 31.5 Å². The molecule has 2 aromatic heterocycles. The van der Waals surface area contributed by atoms with Crippen molar-refractivity contribution in [1.82, 2.24) is 19.9 Å². The lowest BCUT2D eigenvalue weighted by atomic mass is 10.3. The predicted octanol–water partition coefficient (Wildman–Crippen LogP) is 2.01. The average molecular weight is 355 g/mol. The Hall–Kier alpha value is -2.76. The van der Waals surface area contributed by atoms with E-state index < -0.39 is 0 Å². The summed E-state index contributed by atoms with van der Waals surface area (Å²) >= 11 is 1.47. The molecule has 2 heterocycles. The van der Waals surface area contributed by atoms with E-state index in [9.17, 15) is 9.90 Å². The zero-order valence-corrected chi connectivity index (χ0v) is 14.2. The molecule has 0 radical (unpaired) electrons. The van der Waals surface area contributed by atoms with Crippen molar-refractivity contribution >= 4 is 22.8 Å². The van der Waals surface area contributed by atoms with Gasteiger partial charge in [0.1, 0.15) is 11.3 Å². The number of phenolic OH excluding ortho intramolecular Hbond substituents is 1. The molecule has 3 rings (SSSR count). The third-order valence-corrected chi connectivity index (χ3v) is 4.52. The van der Waals surface area contributed by atoms with Crippen LogP contribution >= 0.6 is 11.8 Å². The zero-order chi connectivity index (χ0) is 17.6. The van der Waals surface area contributed by atoms with E-state index in [0.717, 1.165) is 0 Å². The normalized spacial score (nSPS) is 10.8. The van der Waals surface area contributed by atoms with Crippen molar-refractivity contribution in [2.45, 2.75) is 11.6 Å². The molecule has 0 unspecified atom stereocenters. The number of thioether (sulfide) groups is 1. The van der Waals surface area contributed by atoms with Crippen molar-refractivity contribution in [3.63, 3.8) is 0 Å². The summed E-state index contributed by atoms with van der Waals surface area (Å²) in [5.74, 6) is 0.855. The van der Waals surface area contributed by atoms with Crippen LogP contribution in [-0.2, 0) is 0 Å². The first-order valence-electron chi connectivity index (χ1n) is 7.80. The highest BCUT2D eigenvalue weighted by atomic mass is 32.2. The van der Waals surface area contributed by atoms with E-state index in [1.165, 1.54) is 16.3 Å². The average Bonchev–Trinajstić information content (AvgIpc) is 3.08. The van der Waals surface area contributed by atoms with Gasteiger partial charge < -0.3 is 15.4 Å². The summed E-state index contributed by atoms with van der Waals surface area (Å²) in [7, 11) is 0. The van der Waals surface area contributed by atoms with Crippen LogP contribution in [0, 0.1) is 11.3 Å². The van der Waals surface area contributed by atoms with Crippen LogP contribution in [0.5, 0.6) is 5.75 Å². The van der Waals surface area contributed by atoms with Crippen LogP contribution in [0.25, 0.3) is 16.7 Å². The molecule has 0 aliphatic carbocycles. The number of phenols is 1. The van der Waals surface area contributed by atoms with Gasteiger partial charge in [-0.05, 0) is 30.3 Å². The first-order chi connectivity index (χ1) is 12.2. The highest BCUT2D eigenvalue weighted by molar-refractivity contribution is 7.99. The number of benzene rings is 1. The maximum atomic E-state index is 12.8. The van der Waals surface area contributed by atoms with Crippen LogP contribution in [0.2, 0.25) is 0 Å². The summed E-state index contributed by atoms with van der Waals surface area (Å²) in [6, 6.07) is 10.3. The van der Waals surface area contributed by atoms with Gasteiger partial charge in [-0.15, -0.1) is 0 Å². The molecule has 0 fully saturated rings. The zero-order valence-electron chi connectivity index (χ0n) is 13.4. The smallest absolute Gasteiger partial charge is 0.283 e. The van der Waals surface area contributed by atoms with Crippen molar-refractivity contribution < 1.29 is 5.11 Å². The van der Waals surface area contributed by atoms with Crippen molar-refractivity contribution in [2.24, 2.45) is 0 Å². The second-order valence-electron chi connectivity index (χ2n) is 5.30. The molecule has 8 heteroatoms. The number of hydrogen-bond donors (Lipinski definition) is 3. The lowest BCUT2D eigenvalue weighted by molar-refractivity contribution is 0.475. The SMILES string of the molecule is N#CCCNCCSc1nc2cc[nH]c2c(=O)n1-c1ccc(O)cc1. The van der Waals surface area contributed by atoms with Gasteiger partial charge in [-0.3, -0.25) is 9.36 Å². The van der Waals surface area contributed by atoms with Crippen molar-refractivity contribution in [1.29, 1.82) is 5.26 Å². The van der Waals surface area contributed by atoms with E-state index in [2.05, 4.69) is 21.4 Å². The minimum Gasteiger partial charge on any atom is -0.508 e. The van der Waals surface area contributed by atoms with E-state index in [1.54, 1.807) is 36.5 Å². The Balaban J connectivity index is 1.90. The van der Waals surface area contributed by atoms with Gasteiger partial charge in [-0.25, -0.2) is 4.98 Å². The Kier molecular flexibility index (Phi) is 5.38. The van der Waals surface area contributed by atoms with E-state index in [-0.39, 0.29) is 11.3 Å². The summed E-state index contributed by atoms with van der Waals surface area (Å²) in [6.07, 6.45) is 2.16. The van der Waals surface area contributed by atoms with Crippen LogP contribution in [0.4, 0.5) is 0 Å². The molecule has 0 aliphatic rings. The van der Waals surface area contributed by atoms with Gasteiger partial charge in [0.15, 0.2) is 5.16 Å². The molecular formula is C17H17N5O2S. The minimum absolute atomic E-state index is 0.140. The number of nitriles is 1. The fraction of sp³-hybridized carbons (Fsp3) is 0.235. The number of hydrogen-bond acceptors (Lipinski definition) is 6. The van der Waals surface area contributed by atoms with Crippen LogP contribution in [0.1, 0.15) is 6.42 Å². The van der Waals surface area contributed by atoms with E-state index >= 15 is 0 Å². The number of fused-ring (bicyclic) bond motifs is 1. The molecule has 0 bridgehead atoms. The third-order valence-electron chi connectivity index (χ3n) is 3.58. The first kappa shape index (κ1) is 17.1. The van der Waals surface area contributed by atoms with Gasteiger partial charge in [-0.1, -0.05) is 11.8 Å². The number of H-pyrrole nitrogens is 1. The molecular weight excluding hydrogens is 338 g/mol. The van der Waals surface area contributed by atoms with E-state index in [0.29, 0.717) is 47.1 Å². The monoisotopic (exact) mass is 355 g/mol. The lowest BCUT2D eigenvalue weighted by Crippen LogP contribution is -2.23. The number of nitrogens with zero attached hydrogens (tertiary/aromatic N) is 3. The Morgan fingerprint density at radius 2 is 2.08 bits per heavy atom. The largest absolute Gasteiger partial charge is 0.508 e. The van der Waals surface area contributed by atoms with Crippen LogP contribution < -0.4 is 10.9 Å². The van der Waals surface area contributed by atoms with Gasteiger partial charge >= 0.3 is 0 Å². The van der Waals surface area contributed by atoms with Crippen molar-refractivity contribution in [3.05, 3.63) is 46.9 Å². The molecule has 0 saturated heterocycles. The predicted molar refractivity (Wildman–Crippen MR) is 97.2 cm³/mol. The summed E-state index contributed by atoms with van der Waals surface area (Å²) < 4.78 is 1.54. The minimum atomic E-state index is -0.180. The molecule has 1 aromatic carbocycles. The fourth-order valence-electron chi connectivity index (χ4n) is 2.39. The molecule has 128 valence electrons. The molecule has 3 N–H and O–H groups in total. The van der Waals surface area contributed by atoms with Crippen LogP contribution in [0.3, 0.4) is 0 Å². The molecule has 3 aromatic rings. The summed E-state index contributed by atoms with van der Waals surface area (Å²) in [4.78, 5) is 20.3. The standard InChI is InChI=1S/C17H17N5O2S/c18-7-1-8-19-10-11-25-17-21-14-6-9-20-15(14)16(24)22(17)12-2-4-13(23)5-3-12/h2-6,9,19-20,23H,1,8,10-11H2. The van der Waals surface area contributed by atoms with Gasteiger partial charge in [0.25, 0.3) is 5.56 Å². The maximum absolute atomic E-state index is 12.8. The molecule has 7 nitrogen and oxygen atoms in total. The number of aromatic amines is 1. The second-order valence-corrected chi connectivity index (χ2v) is 6.36. The third kappa shape index (κ3) is 3.84. The number of aromatic hydroxyl groups is 1. The van der Waals surface area contributed by atoms with Crippen LogP contribution in [0.15, 0.2) is 46.5 Å². The maximum Gasteiger partial charge on any atom is 0.283 e. The summed E-state index contributed by atoms with van der Waals surface area (Å²) in [6.45, 7) is 1.36. The molecule has 0 atom stereocenters. The second kappa shape index (κ2) is 7.88. The number of aromatic nitrogens is 3. The molecule has 25 heavy (non-hydrogen) atoms. The van der Waals surface area contributed by atoms with Gasteiger partial charge in [0.2, 0.25) is 0 Å². The highest BCUT2D eigenvalue weighted by Gasteiger charge is 2.14. The molecule has 0 amide bonds. The van der Waals surface area contributed by atoms with E-state index in [1.807, 2.05) is 0 Å². The molecule has 0 aliphatic heterocycles. The van der Waals surface area contributed by atoms with Gasteiger partial charge in [-0.2, -0.15) is 5.26 Å². The quantitative estimate of drug-likeness (QED) is 0.340. The first-order valence-corrected chi connectivity index (χ1v) is 8.79. The fourth-order valence-corrected chi connectivity index (χ4v) is 3.30. The Morgan fingerprint density at radius 3 is 2.84 bits per heavy atom. The highest BCUT2D eigenvalue weighted by Crippen LogP contribution is 2.21. The Labute approximate surface area is 148 Å². The van der Waals surface area contributed by atoms with E-state index in [4.69, 9.17) is 5.26 Å². The molecule has 0 saturated carbocycles. The Bertz CT molecular complexity index is 956. The topological polar surface area (TPSA) is 107 Å². The Morgan fingerprint density at radius 1 is 1.28 bits per heavy atom. The summed E-state index contributed by atoms with van der Waals surface area (Å²) in [5.41, 5.74) is 1.54. The summed E-state index contributed by atoms with van der Waals surface area (Å²) in [5, 5.41) is 21.8. The van der Waals surface area contributed by atoms with Gasteiger partial charge in [0.05, 0.1) is 17.3 Å². The van der Waals surface area contributed by atoms with Crippen LogP contribution in [-0.4, -0.2) is 38.5 Å². The number of rotatable bonds is 7. The lowest BCUT2D eigenvalue weighted by Gasteiger charge is -2.12. The van der Waals surface area contributed by atoms with Crippen molar-refractivity contribution in [2.75, 3.05) is 18.8 Å².